The Labute approximate surface area is 180 Å². The van der Waals surface area contributed by atoms with Crippen LogP contribution in [0.1, 0.15) is 29.7 Å². The molecule has 31 heavy (non-hydrogen) atoms. The summed E-state index contributed by atoms with van der Waals surface area (Å²) in [7, 11) is 1.86. The van der Waals surface area contributed by atoms with E-state index >= 15 is 0 Å². The van der Waals surface area contributed by atoms with Crippen LogP contribution < -0.4 is 16.4 Å². The summed E-state index contributed by atoms with van der Waals surface area (Å²) in [5, 5.41) is 5.58. The number of carbonyl (C=O) groups excluding carboxylic acids is 2. The fourth-order valence-corrected chi connectivity index (χ4v) is 3.72. The van der Waals surface area contributed by atoms with Crippen LogP contribution in [0.2, 0.25) is 0 Å². The highest BCUT2D eigenvalue weighted by atomic mass is 19.2. The first-order chi connectivity index (χ1) is 14.7. The van der Waals surface area contributed by atoms with Gasteiger partial charge in [-0.3, -0.25) is 14.5 Å². The second kappa shape index (κ2) is 9.82. The molecule has 166 valence electrons. The summed E-state index contributed by atoms with van der Waals surface area (Å²) in [6.07, 6.45) is 1.64. The van der Waals surface area contributed by atoms with E-state index < -0.39 is 23.6 Å². The predicted octanol–water partition coefficient (Wildman–Crippen LogP) is 1.69. The molecule has 1 aliphatic rings. The Kier molecular flexibility index (Phi) is 7.17. The zero-order valence-corrected chi connectivity index (χ0v) is 17.6. The van der Waals surface area contributed by atoms with Gasteiger partial charge in [-0.25, -0.2) is 13.8 Å². The van der Waals surface area contributed by atoms with Crippen molar-refractivity contribution in [3.05, 3.63) is 58.8 Å². The van der Waals surface area contributed by atoms with Crippen LogP contribution >= 0.6 is 0 Å². The molecule has 2 atom stereocenters. The van der Waals surface area contributed by atoms with Gasteiger partial charge in [0.2, 0.25) is 11.8 Å². The third kappa shape index (κ3) is 5.75. The van der Waals surface area contributed by atoms with E-state index in [4.69, 9.17) is 5.73 Å². The molecule has 0 radical (unpaired) electrons. The zero-order valence-electron chi connectivity index (χ0n) is 17.6. The van der Waals surface area contributed by atoms with E-state index in [1.165, 1.54) is 6.07 Å². The Balaban J connectivity index is 1.73. The maximum absolute atomic E-state index is 13.6. The van der Waals surface area contributed by atoms with Crippen LogP contribution in [0.4, 0.5) is 14.6 Å². The van der Waals surface area contributed by atoms with E-state index in [0.29, 0.717) is 23.5 Å². The largest absolute Gasteiger partial charge is 0.384 e. The lowest BCUT2D eigenvalue weighted by Crippen LogP contribution is -2.52. The van der Waals surface area contributed by atoms with Crippen molar-refractivity contribution in [1.82, 2.24) is 20.5 Å². The van der Waals surface area contributed by atoms with Crippen molar-refractivity contribution in [3.8, 4) is 0 Å². The Bertz CT molecular complexity index is 969. The third-order valence-corrected chi connectivity index (χ3v) is 5.55. The molecule has 0 bridgehead atoms. The number of nitrogens with zero attached hydrogens (tertiary/aromatic N) is 2. The third-order valence-electron chi connectivity index (χ3n) is 5.55. The molecule has 0 aliphatic carbocycles. The molecule has 1 saturated heterocycles. The van der Waals surface area contributed by atoms with Gasteiger partial charge in [-0.05, 0) is 62.7 Å². The van der Waals surface area contributed by atoms with Gasteiger partial charge in [0.1, 0.15) is 11.9 Å². The number of rotatable bonds is 7. The van der Waals surface area contributed by atoms with Gasteiger partial charge >= 0.3 is 0 Å². The normalized spacial score (nSPS) is 17.4. The lowest BCUT2D eigenvalue weighted by atomic mass is 10.0. The number of aromatic nitrogens is 1. The minimum Gasteiger partial charge on any atom is -0.384 e. The average molecular weight is 431 g/mol. The van der Waals surface area contributed by atoms with Crippen LogP contribution in [0.15, 0.2) is 30.3 Å². The van der Waals surface area contributed by atoms with Crippen molar-refractivity contribution in [1.29, 1.82) is 0 Å². The molecular weight excluding hydrogens is 404 g/mol. The molecule has 2 aromatic rings. The van der Waals surface area contributed by atoms with E-state index in [1.54, 1.807) is 19.1 Å². The standard InChI is InChI=1S/C22H27F2N5O2/c1-13-15(6-8-20(25)27-13)12-26-21(30)18(11-14-5-7-16(23)17(24)10-14)28-22(31)19-4-3-9-29(19)2/h5-8,10,18-19H,3-4,9,11-12H2,1-2H3,(H2,25,27)(H,26,30)(H,28,31)/t18-,19?/m0/s1. The van der Waals surface area contributed by atoms with Gasteiger partial charge in [-0.1, -0.05) is 12.1 Å². The molecule has 0 spiro atoms. The minimum absolute atomic E-state index is 0.0319. The lowest BCUT2D eigenvalue weighted by molar-refractivity contribution is -0.131. The molecule has 9 heteroatoms. The summed E-state index contributed by atoms with van der Waals surface area (Å²) in [4.78, 5) is 31.8. The smallest absolute Gasteiger partial charge is 0.243 e. The van der Waals surface area contributed by atoms with Crippen molar-refractivity contribution in [2.24, 2.45) is 0 Å². The number of halogens is 2. The fraction of sp³-hybridized carbons (Fsp3) is 0.409. The van der Waals surface area contributed by atoms with Crippen LogP contribution in [0.5, 0.6) is 0 Å². The second-order valence-electron chi connectivity index (χ2n) is 7.85. The number of nitrogens with one attached hydrogen (secondary N) is 2. The highest BCUT2D eigenvalue weighted by molar-refractivity contribution is 5.90. The van der Waals surface area contributed by atoms with E-state index in [2.05, 4.69) is 15.6 Å². The molecule has 7 nitrogen and oxygen atoms in total. The Morgan fingerprint density at radius 3 is 2.68 bits per heavy atom. The first-order valence-electron chi connectivity index (χ1n) is 10.2. The van der Waals surface area contributed by atoms with Crippen molar-refractivity contribution < 1.29 is 18.4 Å². The number of hydrogen-bond donors (Lipinski definition) is 3. The first kappa shape index (κ1) is 22.6. The van der Waals surface area contributed by atoms with E-state index in [1.807, 2.05) is 11.9 Å². The molecule has 2 amide bonds. The van der Waals surface area contributed by atoms with Crippen molar-refractivity contribution in [3.63, 3.8) is 0 Å². The quantitative estimate of drug-likeness (QED) is 0.620. The topological polar surface area (TPSA) is 100 Å². The van der Waals surface area contributed by atoms with Gasteiger partial charge in [0.15, 0.2) is 11.6 Å². The van der Waals surface area contributed by atoms with Gasteiger partial charge in [0.05, 0.1) is 6.04 Å². The van der Waals surface area contributed by atoms with Gasteiger partial charge < -0.3 is 16.4 Å². The van der Waals surface area contributed by atoms with Crippen LogP contribution in [0.25, 0.3) is 0 Å². The van der Waals surface area contributed by atoms with Gasteiger partial charge in [0, 0.05) is 18.7 Å². The maximum atomic E-state index is 13.6. The molecular formula is C22H27F2N5O2. The molecule has 4 N–H and O–H groups in total. The summed E-state index contributed by atoms with van der Waals surface area (Å²) in [6, 6.07) is 5.62. The summed E-state index contributed by atoms with van der Waals surface area (Å²) < 4.78 is 26.9. The van der Waals surface area contributed by atoms with Crippen molar-refractivity contribution >= 4 is 17.6 Å². The van der Waals surface area contributed by atoms with Crippen molar-refractivity contribution in [2.75, 3.05) is 19.3 Å². The second-order valence-corrected chi connectivity index (χ2v) is 7.85. The number of nitrogen functional groups attached to an aromatic ring is 1. The number of nitrogens with two attached hydrogens (primary N) is 1. The Morgan fingerprint density at radius 2 is 2.03 bits per heavy atom. The number of carbonyl (C=O) groups is 2. The molecule has 1 aliphatic heterocycles. The maximum Gasteiger partial charge on any atom is 0.243 e. The highest BCUT2D eigenvalue weighted by Crippen LogP contribution is 2.16. The SMILES string of the molecule is Cc1nc(N)ccc1CNC(=O)[C@H](Cc1ccc(F)c(F)c1)NC(=O)C1CCCN1C. The lowest BCUT2D eigenvalue weighted by Gasteiger charge is -2.24. The average Bonchev–Trinajstić information content (AvgIpc) is 3.15. The van der Waals surface area contributed by atoms with Crippen LogP contribution in [-0.2, 0) is 22.6 Å². The molecule has 1 fully saturated rings. The monoisotopic (exact) mass is 431 g/mol. The zero-order chi connectivity index (χ0) is 22.5. The fourth-order valence-electron chi connectivity index (χ4n) is 3.72. The minimum atomic E-state index is -0.998. The Hall–Kier alpha value is -3.07. The predicted molar refractivity (Wildman–Crippen MR) is 113 cm³/mol. The number of likely N-dealkylation sites (N-methyl/N-ethyl adjacent to an activating group) is 1. The number of benzene rings is 1. The first-order valence-corrected chi connectivity index (χ1v) is 10.2. The number of amides is 2. The molecule has 1 unspecified atom stereocenters. The molecule has 1 aromatic heterocycles. The van der Waals surface area contributed by atoms with Crippen LogP contribution in [0.3, 0.4) is 0 Å². The highest BCUT2D eigenvalue weighted by Gasteiger charge is 2.31. The Morgan fingerprint density at radius 1 is 1.26 bits per heavy atom. The van der Waals surface area contributed by atoms with Crippen LogP contribution in [-0.4, -0.2) is 47.4 Å². The molecule has 2 heterocycles. The number of aryl methyl sites for hydroxylation is 1. The molecule has 0 saturated carbocycles. The van der Waals surface area contributed by atoms with Gasteiger partial charge in [-0.2, -0.15) is 0 Å². The van der Waals surface area contributed by atoms with E-state index in [0.717, 1.165) is 30.7 Å². The van der Waals surface area contributed by atoms with E-state index in [-0.39, 0.29) is 24.9 Å². The number of hydrogen-bond acceptors (Lipinski definition) is 5. The number of pyridine rings is 1. The number of likely N-dealkylation sites (tertiary alicyclic amines) is 1. The number of anilines is 1. The van der Waals surface area contributed by atoms with Crippen molar-refractivity contribution in [2.45, 2.75) is 44.8 Å². The molecule has 1 aromatic carbocycles. The summed E-state index contributed by atoms with van der Waals surface area (Å²) in [5.41, 5.74) is 7.54. The summed E-state index contributed by atoms with van der Waals surface area (Å²) in [6.45, 7) is 2.79. The summed E-state index contributed by atoms with van der Waals surface area (Å²) in [5.74, 6) is -2.26. The molecule has 3 rings (SSSR count). The van der Waals surface area contributed by atoms with Gasteiger partial charge in [-0.15, -0.1) is 0 Å². The van der Waals surface area contributed by atoms with Gasteiger partial charge in [0.25, 0.3) is 0 Å². The van der Waals surface area contributed by atoms with E-state index in [9.17, 15) is 18.4 Å². The van der Waals surface area contributed by atoms with Crippen LogP contribution in [0, 0.1) is 18.6 Å². The summed E-state index contributed by atoms with van der Waals surface area (Å²) >= 11 is 0.